The smallest absolute Gasteiger partial charge is 0.227 e. The molecule has 0 bridgehead atoms. The third-order valence-corrected chi connectivity index (χ3v) is 5.10. The molecule has 1 aliphatic heterocycles. The molecule has 0 radical (unpaired) electrons. The number of hydrogen-bond acceptors (Lipinski definition) is 5. The Morgan fingerprint density at radius 2 is 2.16 bits per heavy atom. The SMILES string of the molecule is Cc1nc([C@@H]2CCCN2C(=O)Cc2coc3c(C)c(C)ccc23)no1. The predicted octanol–water partition coefficient (Wildman–Crippen LogP) is 3.65. The summed E-state index contributed by atoms with van der Waals surface area (Å²) in [7, 11) is 0. The lowest BCUT2D eigenvalue weighted by Gasteiger charge is -2.22. The van der Waals surface area contributed by atoms with Crippen molar-refractivity contribution in [3.05, 3.63) is 46.8 Å². The van der Waals surface area contributed by atoms with Crippen LogP contribution in [0.2, 0.25) is 0 Å². The molecule has 2 aromatic heterocycles. The minimum absolute atomic E-state index is 0.0749. The van der Waals surface area contributed by atoms with Crippen LogP contribution >= 0.6 is 0 Å². The first-order valence-corrected chi connectivity index (χ1v) is 8.60. The first-order chi connectivity index (χ1) is 12.0. The lowest BCUT2D eigenvalue weighted by molar-refractivity contribution is -0.131. The molecule has 130 valence electrons. The average Bonchev–Trinajstić information content (AvgIpc) is 3.30. The van der Waals surface area contributed by atoms with Gasteiger partial charge in [-0.15, -0.1) is 0 Å². The Balaban J connectivity index is 1.58. The van der Waals surface area contributed by atoms with Crippen LogP contribution in [0.1, 0.15) is 47.3 Å². The summed E-state index contributed by atoms with van der Waals surface area (Å²) in [6.45, 7) is 6.59. The quantitative estimate of drug-likeness (QED) is 0.728. The van der Waals surface area contributed by atoms with Crippen molar-refractivity contribution in [1.29, 1.82) is 0 Å². The number of hydrogen-bond donors (Lipinski definition) is 0. The van der Waals surface area contributed by atoms with Gasteiger partial charge < -0.3 is 13.8 Å². The van der Waals surface area contributed by atoms with Gasteiger partial charge >= 0.3 is 0 Å². The Hall–Kier alpha value is -2.63. The standard InChI is InChI=1S/C19H21N3O3/c1-11-6-7-15-14(10-24-18(15)12(11)2)9-17(23)22-8-4-5-16(22)19-20-13(3)25-21-19/h6-7,10,16H,4-5,8-9H2,1-3H3/t16-/m0/s1. The van der Waals surface area contributed by atoms with E-state index in [2.05, 4.69) is 23.1 Å². The molecule has 1 saturated heterocycles. The Morgan fingerprint density at radius 3 is 2.92 bits per heavy atom. The van der Waals surface area contributed by atoms with Gasteiger partial charge in [0.05, 0.1) is 18.7 Å². The summed E-state index contributed by atoms with van der Waals surface area (Å²) in [5.74, 6) is 1.21. The number of furan rings is 1. The van der Waals surface area contributed by atoms with Crippen molar-refractivity contribution < 1.29 is 13.7 Å². The zero-order valence-electron chi connectivity index (χ0n) is 14.7. The second kappa shape index (κ2) is 6.02. The molecule has 3 heterocycles. The number of aryl methyl sites for hydroxylation is 3. The summed E-state index contributed by atoms with van der Waals surface area (Å²) in [6.07, 6.45) is 3.85. The molecule has 0 saturated carbocycles. The molecule has 0 unspecified atom stereocenters. The Morgan fingerprint density at radius 1 is 1.32 bits per heavy atom. The molecule has 1 aromatic carbocycles. The zero-order valence-corrected chi connectivity index (χ0v) is 14.7. The summed E-state index contributed by atoms with van der Waals surface area (Å²) in [6, 6.07) is 4.02. The van der Waals surface area contributed by atoms with Gasteiger partial charge in [-0.05, 0) is 37.8 Å². The monoisotopic (exact) mass is 339 g/mol. The van der Waals surface area contributed by atoms with Crippen molar-refractivity contribution in [1.82, 2.24) is 15.0 Å². The maximum Gasteiger partial charge on any atom is 0.227 e. The minimum Gasteiger partial charge on any atom is -0.464 e. The molecular weight excluding hydrogens is 318 g/mol. The van der Waals surface area contributed by atoms with E-state index in [1.807, 2.05) is 17.9 Å². The molecule has 1 atom stereocenters. The third kappa shape index (κ3) is 2.71. The van der Waals surface area contributed by atoms with Crippen LogP contribution in [-0.2, 0) is 11.2 Å². The van der Waals surface area contributed by atoms with Crippen molar-refractivity contribution in [2.45, 2.75) is 46.1 Å². The number of fused-ring (bicyclic) bond motifs is 1. The molecule has 1 amide bonds. The molecule has 1 fully saturated rings. The van der Waals surface area contributed by atoms with E-state index in [0.717, 1.165) is 41.5 Å². The van der Waals surface area contributed by atoms with E-state index < -0.39 is 0 Å². The second-order valence-electron chi connectivity index (χ2n) is 6.74. The third-order valence-electron chi connectivity index (χ3n) is 5.10. The van der Waals surface area contributed by atoms with Crippen molar-refractivity contribution in [3.8, 4) is 0 Å². The summed E-state index contributed by atoms with van der Waals surface area (Å²) in [5.41, 5.74) is 4.11. The van der Waals surface area contributed by atoms with Crippen LogP contribution < -0.4 is 0 Å². The minimum atomic E-state index is -0.0907. The number of carbonyl (C=O) groups is 1. The van der Waals surface area contributed by atoms with Crippen molar-refractivity contribution in [3.63, 3.8) is 0 Å². The van der Waals surface area contributed by atoms with Crippen LogP contribution in [0.15, 0.2) is 27.3 Å². The van der Waals surface area contributed by atoms with Crippen LogP contribution in [0.4, 0.5) is 0 Å². The highest BCUT2D eigenvalue weighted by Gasteiger charge is 2.33. The Kier molecular flexibility index (Phi) is 3.82. The largest absolute Gasteiger partial charge is 0.464 e. The molecule has 6 heteroatoms. The van der Waals surface area contributed by atoms with Gasteiger partial charge in [0.15, 0.2) is 5.82 Å². The summed E-state index contributed by atoms with van der Waals surface area (Å²) >= 11 is 0. The molecule has 0 spiro atoms. The normalized spacial score (nSPS) is 17.6. The molecule has 25 heavy (non-hydrogen) atoms. The van der Waals surface area contributed by atoms with Crippen LogP contribution in [0, 0.1) is 20.8 Å². The second-order valence-corrected chi connectivity index (χ2v) is 6.74. The fraction of sp³-hybridized carbons (Fsp3) is 0.421. The van der Waals surface area contributed by atoms with E-state index in [4.69, 9.17) is 8.94 Å². The number of amides is 1. The van der Waals surface area contributed by atoms with E-state index in [1.165, 1.54) is 5.56 Å². The summed E-state index contributed by atoms with van der Waals surface area (Å²) in [5, 5.41) is 5.02. The number of rotatable bonds is 3. The molecule has 0 N–H and O–H groups in total. The fourth-order valence-corrected chi connectivity index (χ4v) is 3.57. The predicted molar refractivity (Wildman–Crippen MR) is 92.1 cm³/mol. The molecule has 6 nitrogen and oxygen atoms in total. The van der Waals surface area contributed by atoms with Gasteiger partial charge in [-0.2, -0.15) is 4.98 Å². The topological polar surface area (TPSA) is 72.4 Å². The van der Waals surface area contributed by atoms with Gasteiger partial charge in [-0.25, -0.2) is 0 Å². The van der Waals surface area contributed by atoms with Gasteiger partial charge in [0, 0.05) is 24.4 Å². The maximum atomic E-state index is 12.9. The number of aromatic nitrogens is 2. The van der Waals surface area contributed by atoms with Gasteiger partial charge in [-0.3, -0.25) is 4.79 Å². The first-order valence-electron chi connectivity index (χ1n) is 8.60. The Bertz CT molecular complexity index is 941. The van der Waals surface area contributed by atoms with Crippen LogP contribution in [-0.4, -0.2) is 27.5 Å². The summed E-state index contributed by atoms with van der Waals surface area (Å²) in [4.78, 5) is 19.1. The number of carbonyl (C=O) groups excluding carboxylic acids is 1. The van der Waals surface area contributed by atoms with Crippen LogP contribution in [0.25, 0.3) is 11.0 Å². The van der Waals surface area contributed by atoms with E-state index in [1.54, 1.807) is 13.2 Å². The van der Waals surface area contributed by atoms with E-state index in [-0.39, 0.29) is 11.9 Å². The van der Waals surface area contributed by atoms with Gasteiger partial charge in [0.2, 0.25) is 11.8 Å². The molecule has 4 rings (SSSR count). The number of benzene rings is 1. The molecular formula is C19H21N3O3. The van der Waals surface area contributed by atoms with E-state index in [0.29, 0.717) is 18.1 Å². The fourth-order valence-electron chi connectivity index (χ4n) is 3.57. The van der Waals surface area contributed by atoms with Crippen molar-refractivity contribution >= 4 is 16.9 Å². The molecule has 3 aromatic rings. The van der Waals surface area contributed by atoms with Gasteiger partial charge in [0.25, 0.3) is 0 Å². The number of likely N-dealkylation sites (tertiary alicyclic amines) is 1. The summed E-state index contributed by atoms with van der Waals surface area (Å²) < 4.78 is 10.8. The average molecular weight is 339 g/mol. The van der Waals surface area contributed by atoms with E-state index in [9.17, 15) is 4.79 Å². The van der Waals surface area contributed by atoms with Gasteiger partial charge in [0.1, 0.15) is 5.58 Å². The molecule has 0 aliphatic carbocycles. The molecule has 1 aliphatic rings. The van der Waals surface area contributed by atoms with Crippen LogP contribution in [0.5, 0.6) is 0 Å². The highest BCUT2D eigenvalue weighted by Crippen LogP contribution is 2.32. The van der Waals surface area contributed by atoms with E-state index >= 15 is 0 Å². The van der Waals surface area contributed by atoms with Crippen LogP contribution in [0.3, 0.4) is 0 Å². The van der Waals surface area contributed by atoms with Crippen molar-refractivity contribution in [2.75, 3.05) is 6.54 Å². The Labute approximate surface area is 145 Å². The lowest BCUT2D eigenvalue weighted by Crippen LogP contribution is -2.32. The number of nitrogens with zero attached hydrogens (tertiary/aromatic N) is 3. The lowest BCUT2D eigenvalue weighted by atomic mass is 10.0. The maximum absolute atomic E-state index is 12.9. The first kappa shape index (κ1) is 15.9. The van der Waals surface area contributed by atoms with Crippen molar-refractivity contribution in [2.24, 2.45) is 0 Å². The highest BCUT2D eigenvalue weighted by atomic mass is 16.5. The highest BCUT2D eigenvalue weighted by molar-refractivity contribution is 5.89. The zero-order chi connectivity index (χ0) is 17.6. The van der Waals surface area contributed by atoms with Gasteiger partial charge in [-0.1, -0.05) is 17.3 Å².